The second-order valence-electron chi connectivity index (χ2n) is 4.66. The van der Waals surface area contributed by atoms with Gasteiger partial charge in [-0.15, -0.1) is 0 Å². The molecule has 0 saturated heterocycles. The fraction of sp³-hybridized carbons (Fsp3) is 0.312. The largest absolute Gasteiger partial charge is 0.493 e. The molecule has 0 fully saturated rings. The number of amides is 1. The van der Waals surface area contributed by atoms with Gasteiger partial charge in [0.05, 0.1) is 26.3 Å². The maximum Gasteiger partial charge on any atom is 0.255 e. The van der Waals surface area contributed by atoms with Crippen LogP contribution in [0.4, 0.5) is 0 Å². The van der Waals surface area contributed by atoms with Crippen molar-refractivity contribution in [3.63, 3.8) is 0 Å². The van der Waals surface area contributed by atoms with Crippen LogP contribution in [-0.2, 0) is 13.1 Å². The van der Waals surface area contributed by atoms with Gasteiger partial charge in [0.1, 0.15) is 0 Å². The van der Waals surface area contributed by atoms with E-state index in [0.29, 0.717) is 23.6 Å². The molecule has 0 bridgehead atoms. The average Bonchev–Trinajstić information content (AvgIpc) is 2.99. The lowest BCUT2D eigenvalue weighted by Crippen LogP contribution is -2.25. The Kier molecular flexibility index (Phi) is 5.70. The molecular formula is C16H19IN2O3. The molecular weight excluding hydrogens is 395 g/mol. The van der Waals surface area contributed by atoms with E-state index in [1.807, 2.05) is 24.4 Å². The van der Waals surface area contributed by atoms with E-state index >= 15 is 0 Å². The maximum absolute atomic E-state index is 12.5. The van der Waals surface area contributed by atoms with E-state index < -0.39 is 0 Å². The average molecular weight is 414 g/mol. The molecule has 0 radical (unpaired) electrons. The first-order valence-corrected chi connectivity index (χ1v) is 8.02. The third-order valence-electron chi connectivity index (χ3n) is 3.38. The maximum atomic E-state index is 12.5. The van der Waals surface area contributed by atoms with Crippen molar-refractivity contribution < 1.29 is 14.3 Å². The number of nitrogens with zero attached hydrogens (tertiary/aromatic N) is 1. The zero-order chi connectivity index (χ0) is 16.1. The monoisotopic (exact) mass is 414 g/mol. The predicted octanol–water partition coefficient (Wildman–Crippen LogP) is 3.06. The summed E-state index contributed by atoms with van der Waals surface area (Å²) >= 11 is 2.15. The van der Waals surface area contributed by atoms with E-state index in [4.69, 9.17) is 9.47 Å². The summed E-state index contributed by atoms with van der Waals surface area (Å²) in [6, 6.07) is 7.59. The number of methoxy groups -OCH3 is 2. The molecule has 0 atom stereocenters. The Morgan fingerprint density at radius 1 is 1.32 bits per heavy atom. The second-order valence-corrected chi connectivity index (χ2v) is 5.90. The van der Waals surface area contributed by atoms with E-state index in [9.17, 15) is 4.79 Å². The van der Waals surface area contributed by atoms with Crippen LogP contribution >= 0.6 is 22.6 Å². The number of aromatic nitrogens is 1. The first-order valence-electron chi connectivity index (χ1n) is 6.94. The molecule has 1 heterocycles. The summed E-state index contributed by atoms with van der Waals surface area (Å²) in [5, 5.41) is 2.93. The second kappa shape index (κ2) is 7.53. The number of hydrogen-bond donors (Lipinski definition) is 1. The zero-order valence-corrected chi connectivity index (χ0v) is 15.0. The van der Waals surface area contributed by atoms with Crippen LogP contribution in [-0.4, -0.2) is 24.7 Å². The number of hydrogen-bond acceptors (Lipinski definition) is 3. The smallest absolute Gasteiger partial charge is 0.255 e. The van der Waals surface area contributed by atoms with Gasteiger partial charge in [0.25, 0.3) is 5.91 Å². The van der Waals surface area contributed by atoms with Crippen LogP contribution < -0.4 is 14.8 Å². The third-order valence-corrected chi connectivity index (χ3v) is 4.01. The number of carbonyl (C=O) groups is 1. The van der Waals surface area contributed by atoms with E-state index in [1.54, 1.807) is 13.2 Å². The van der Waals surface area contributed by atoms with Crippen molar-refractivity contribution in [3.05, 3.63) is 45.3 Å². The predicted molar refractivity (Wildman–Crippen MR) is 93.5 cm³/mol. The van der Waals surface area contributed by atoms with E-state index in [1.165, 1.54) is 7.11 Å². The van der Waals surface area contributed by atoms with Gasteiger partial charge in [0.2, 0.25) is 0 Å². The van der Waals surface area contributed by atoms with Gasteiger partial charge >= 0.3 is 0 Å². The summed E-state index contributed by atoms with van der Waals surface area (Å²) in [4.78, 5) is 12.5. The number of carbonyl (C=O) groups excluding carboxylic acids is 1. The van der Waals surface area contributed by atoms with Crippen molar-refractivity contribution in [1.82, 2.24) is 9.88 Å². The molecule has 1 N–H and O–H groups in total. The number of rotatable bonds is 6. The fourth-order valence-corrected chi connectivity index (χ4v) is 2.88. The van der Waals surface area contributed by atoms with Crippen molar-refractivity contribution in [2.24, 2.45) is 0 Å². The van der Waals surface area contributed by atoms with Crippen LogP contribution in [0.25, 0.3) is 0 Å². The summed E-state index contributed by atoms with van der Waals surface area (Å²) < 4.78 is 13.6. The number of aryl methyl sites for hydroxylation is 1. The van der Waals surface area contributed by atoms with E-state index in [2.05, 4.69) is 39.4 Å². The standard InChI is InChI=1S/C16H19IN2O3/c1-4-19-7-5-6-12(19)10-18-16(20)13-8-11(17)9-14(21-2)15(13)22-3/h5-9H,4,10H2,1-3H3,(H,18,20). The fourth-order valence-electron chi connectivity index (χ4n) is 2.28. The van der Waals surface area contributed by atoms with E-state index in [-0.39, 0.29) is 5.91 Å². The van der Waals surface area contributed by atoms with Gasteiger partial charge in [-0.25, -0.2) is 0 Å². The van der Waals surface area contributed by atoms with Gasteiger partial charge in [-0.05, 0) is 53.8 Å². The molecule has 0 aliphatic rings. The molecule has 0 saturated carbocycles. The summed E-state index contributed by atoms with van der Waals surface area (Å²) in [7, 11) is 3.09. The highest BCUT2D eigenvalue weighted by Crippen LogP contribution is 2.33. The van der Waals surface area contributed by atoms with Crippen molar-refractivity contribution in [2.75, 3.05) is 14.2 Å². The molecule has 5 nitrogen and oxygen atoms in total. The Balaban J connectivity index is 2.20. The van der Waals surface area contributed by atoms with Crippen molar-refractivity contribution >= 4 is 28.5 Å². The van der Waals surface area contributed by atoms with Crippen LogP contribution in [0.3, 0.4) is 0 Å². The van der Waals surface area contributed by atoms with Crippen LogP contribution in [0.1, 0.15) is 23.0 Å². The Labute approximate surface area is 143 Å². The lowest BCUT2D eigenvalue weighted by atomic mass is 10.1. The van der Waals surface area contributed by atoms with Gasteiger partial charge in [-0.1, -0.05) is 0 Å². The number of benzene rings is 1. The summed E-state index contributed by atoms with van der Waals surface area (Å²) in [6.45, 7) is 3.41. The van der Waals surface area contributed by atoms with Crippen molar-refractivity contribution in [1.29, 1.82) is 0 Å². The molecule has 0 aliphatic carbocycles. The molecule has 0 unspecified atom stereocenters. The van der Waals surface area contributed by atoms with Gasteiger partial charge in [-0.2, -0.15) is 0 Å². The Morgan fingerprint density at radius 2 is 2.09 bits per heavy atom. The van der Waals surface area contributed by atoms with Gasteiger partial charge in [0.15, 0.2) is 11.5 Å². The minimum absolute atomic E-state index is 0.183. The molecule has 1 aromatic carbocycles. The van der Waals surface area contributed by atoms with Crippen LogP contribution in [0, 0.1) is 3.57 Å². The SMILES string of the molecule is CCn1cccc1CNC(=O)c1cc(I)cc(OC)c1OC. The van der Waals surface area contributed by atoms with Gasteiger partial charge in [0, 0.05) is 22.0 Å². The van der Waals surface area contributed by atoms with Crippen molar-refractivity contribution in [2.45, 2.75) is 20.0 Å². The molecule has 1 amide bonds. The van der Waals surface area contributed by atoms with Crippen molar-refractivity contribution in [3.8, 4) is 11.5 Å². The Hall–Kier alpha value is -1.70. The van der Waals surface area contributed by atoms with Crippen LogP contribution in [0.15, 0.2) is 30.5 Å². The molecule has 1 aromatic heterocycles. The minimum atomic E-state index is -0.183. The van der Waals surface area contributed by atoms with E-state index in [0.717, 1.165) is 15.8 Å². The van der Waals surface area contributed by atoms with Gasteiger partial charge < -0.3 is 19.4 Å². The lowest BCUT2D eigenvalue weighted by molar-refractivity contribution is 0.0946. The highest BCUT2D eigenvalue weighted by molar-refractivity contribution is 14.1. The first kappa shape index (κ1) is 16.7. The summed E-state index contributed by atoms with van der Waals surface area (Å²) in [6.07, 6.45) is 2.00. The number of ether oxygens (including phenoxy) is 2. The number of halogens is 1. The quantitative estimate of drug-likeness (QED) is 0.740. The molecule has 0 aliphatic heterocycles. The molecule has 118 valence electrons. The summed E-state index contributed by atoms with van der Waals surface area (Å²) in [5.74, 6) is 0.820. The topological polar surface area (TPSA) is 52.5 Å². The normalized spacial score (nSPS) is 10.4. The Bertz CT molecular complexity index is 667. The minimum Gasteiger partial charge on any atom is -0.493 e. The van der Waals surface area contributed by atoms with Crippen LogP contribution in [0.5, 0.6) is 11.5 Å². The van der Waals surface area contributed by atoms with Gasteiger partial charge in [-0.3, -0.25) is 4.79 Å². The summed E-state index contributed by atoms with van der Waals surface area (Å²) in [5.41, 5.74) is 1.54. The lowest BCUT2D eigenvalue weighted by Gasteiger charge is -2.14. The van der Waals surface area contributed by atoms with Crippen LogP contribution in [0.2, 0.25) is 0 Å². The molecule has 2 aromatic rings. The molecule has 2 rings (SSSR count). The highest BCUT2D eigenvalue weighted by Gasteiger charge is 2.18. The molecule has 0 spiro atoms. The zero-order valence-electron chi connectivity index (χ0n) is 12.9. The number of nitrogens with one attached hydrogen (secondary N) is 1. The highest BCUT2D eigenvalue weighted by atomic mass is 127. The third kappa shape index (κ3) is 3.55. The molecule has 6 heteroatoms. The first-order chi connectivity index (χ1) is 10.6. The molecule has 22 heavy (non-hydrogen) atoms. The Morgan fingerprint density at radius 3 is 2.73 bits per heavy atom.